The highest BCUT2D eigenvalue weighted by Gasteiger charge is 2.26. The van der Waals surface area contributed by atoms with Gasteiger partial charge in [0.2, 0.25) is 5.91 Å². The first-order valence-electron chi connectivity index (χ1n) is 8.66. The molecule has 1 N–H and O–H groups in total. The zero-order valence-electron chi connectivity index (χ0n) is 13.1. The molecule has 0 bridgehead atoms. The predicted molar refractivity (Wildman–Crippen MR) is 82.3 cm³/mol. The Labute approximate surface area is 128 Å². The molecule has 0 aromatic carbocycles. The Morgan fingerprint density at radius 3 is 2.48 bits per heavy atom. The molecule has 3 aliphatic rings. The van der Waals surface area contributed by atoms with Crippen LogP contribution in [-0.2, 0) is 9.53 Å². The van der Waals surface area contributed by atoms with E-state index in [0.717, 1.165) is 51.7 Å². The van der Waals surface area contributed by atoms with Crippen molar-refractivity contribution in [2.75, 3.05) is 45.9 Å². The smallest absolute Gasteiger partial charge is 0.234 e. The summed E-state index contributed by atoms with van der Waals surface area (Å²) >= 11 is 0. The van der Waals surface area contributed by atoms with E-state index in [9.17, 15) is 4.79 Å². The van der Waals surface area contributed by atoms with Crippen molar-refractivity contribution in [1.82, 2.24) is 15.1 Å². The quantitative estimate of drug-likeness (QED) is 0.816. The second-order valence-electron chi connectivity index (χ2n) is 6.69. The second kappa shape index (κ2) is 7.56. The Morgan fingerprint density at radius 2 is 1.81 bits per heavy atom. The van der Waals surface area contributed by atoms with Crippen LogP contribution < -0.4 is 5.32 Å². The van der Waals surface area contributed by atoms with E-state index in [-0.39, 0.29) is 12.0 Å². The highest BCUT2D eigenvalue weighted by Crippen LogP contribution is 2.24. The number of nitrogens with zero attached hydrogens (tertiary/aromatic N) is 2. The summed E-state index contributed by atoms with van der Waals surface area (Å²) in [4.78, 5) is 16.9. The molecule has 21 heavy (non-hydrogen) atoms. The molecule has 1 unspecified atom stereocenters. The van der Waals surface area contributed by atoms with E-state index in [4.69, 9.17) is 4.74 Å². The van der Waals surface area contributed by atoms with E-state index in [2.05, 4.69) is 15.1 Å². The molecule has 0 spiro atoms. The van der Waals surface area contributed by atoms with Crippen molar-refractivity contribution in [3.8, 4) is 0 Å². The van der Waals surface area contributed by atoms with Crippen molar-refractivity contribution in [1.29, 1.82) is 0 Å². The van der Waals surface area contributed by atoms with Crippen LogP contribution in [0.15, 0.2) is 0 Å². The third-order valence-corrected chi connectivity index (χ3v) is 5.17. The molecule has 5 nitrogen and oxygen atoms in total. The van der Waals surface area contributed by atoms with Gasteiger partial charge in [0.1, 0.15) is 0 Å². The summed E-state index contributed by atoms with van der Waals surface area (Å²) in [7, 11) is 0. The van der Waals surface area contributed by atoms with Crippen LogP contribution in [0.1, 0.15) is 38.5 Å². The van der Waals surface area contributed by atoms with Crippen LogP contribution in [0, 0.1) is 0 Å². The molecule has 1 aliphatic carbocycles. The fourth-order valence-electron chi connectivity index (χ4n) is 3.85. The number of hydrogen-bond acceptors (Lipinski definition) is 4. The Balaban J connectivity index is 1.31. The summed E-state index contributed by atoms with van der Waals surface area (Å²) in [6.07, 6.45) is 8.01. The lowest BCUT2D eigenvalue weighted by Crippen LogP contribution is -2.52. The Kier molecular flexibility index (Phi) is 5.49. The molecule has 2 aliphatic heterocycles. The lowest BCUT2D eigenvalue weighted by Gasteiger charge is -2.37. The third kappa shape index (κ3) is 4.41. The molecule has 2 saturated heterocycles. The van der Waals surface area contributed by atoms with Gasteiger partial charge in [-0.15, -0.1) is 0 Å². The molecule has 1 saturated carbocycles. The zero-order valence-corrected chi connectivity index (χ0v) is 13.1. The van der Waals surface area contributed by atoms with Gasteiger partial charge in [-0.3, -0.25) is 14.6 Å². The van der Waals surface area contributed by atoms with Crippen LogP contribution in [0.3, 0.4) is 0 Å². The number of amides is 1. The van der Waals surface area contributed by atoms with Gasteiger partial charge < -0.3 is 10.1 Å². The summed E-state index contributed by atoms with van der Waals surface area (Å²) in [6, 6.07) is 0.820. The number of piperazine rings is 1. The average Bonchev–Trinajstić information content (AvgIpc) is 3.19. The maximum absolute atomic E-state index is 12.0. The van der Waals surface area contributed by atoms with Gasteiger partial charge >= 0.3 is 0 Å². The van der Waals surface area contributed by atoms with Gasteiger partial charge in [-0.25, -0.2) is 0 Å². The van der Waals surface area contributed by atoms with Gasteiger partial charge in [-0.05, 0) is 25.7 Å². The Morgan fingerprint density at radius 1 is 1.05 bits per heavy atom. The molecule has 0 aromatic heterocycles. The van der Waals surface area contributed by atoms with Gasteiger partial charge in [0.25, 0.3) is 0 Å². The molecule has 1 atom stereocenters. The maximum atomic E-state index is 12.0. The van der Waals surface area contributed by atoms with Crippen LogP contribution in [-0.4, -0.2) is 73.7 Å². The summed E-state index contributed by atoms with van der Waals surface area (Å²) in [5, 5.41) is 3.02. The normalized spacial score (nSPS) is 29.0. The van der Waals surface area contributed by atoms with E-state index in [1.807, 2.05) is 0 Å². The number of carbonyl (C=O) groups excluding carboxylic acids is 1. The standard InChI is InChI=1S/C16H29N3O2/c20-16(17-12-15-6-3-11-21-15)13-18-7-9-19(10-8-18)14-4-1-2-5-14/h14-15H,1-13H2,(H,17,20). The first-order valence-corrected chi connectivity index (χ1v) is 8.66. The fourth-order valence-corrected chi connectivity index (χ4v) is 3.85. The SMILES string of the molecule is O=C(CN1CCN(C2CCCC2)CC1)NCC1CCCO1. The Bertz CT molecular complexity index is 330. The molecule has 1 amide bonds. The minimum absolute atomic E-state index is 0.153. The van der Waals surface area contributed by atoms with Crippen LogP contribution in [0.4, 0.5) is 0 Å². The van der Waals surface area contributed by atoms with Crippen LogP contribution in [0.2, 0.25) is 0 Å². The van der Waals surface area contributed by atoms with Crippen molar-refractivity contribution in [3.63, 3.8) is 0 Å². The zero-order chi connectivity index (χ0) is 14.5. The molecular weight excluding hydrogens is 266 g/mol. The number of ether oxygens (including phenoxy) is 1. The van der Waals surface area contributed by atoms with Crippen LogP contribution >= 0.6 is 0 Å². The van der Waals surface area contributed by atoms with Crippen molar-refractivity contribution in [2.45, 2.75) is 50.7 Å². The van der Waals surface area contributed by atoms with Crippen LogP contribution in [0.25, 0.3) is 0 Å². The highest BCUT2D eigenvalue weighted by atomic mass is 16.5. The number of nitrogens with one attached hydrogen (secondary N) is 1. The molecule has 5 heteroatoms. The molecule has 3 fully saturated rings. The second-order valence-corrected chi connectivity index (χ2v) is 6.69. The molecule has 120 valence electrons. The number of rotatable bonds is 5. The van der Waals surface area contributed by atoms with E-state index < -0.39 is 0 Å². The molecular formula is C16H29N3O2. The van der Waals surface area contributed by atoms with Crippen LogP contribution in [0.5, 0.6) is 0 Å². The highest BCUT2D eigenvalue weighted by molar-refractivity contribution is 5.78. The van der Waals surface area contributed by atoms with Gasteiger partial charge in [-0.1, -0.05) is 12.8 Å². The van der Waals surface area contributed by atoms with Gasteiger partial charge in [0.15, 0.2) is 0 Å². The first-order chi connectivity index (χ1) is 10.3. The number of carbonyl (C=O) groups is 1. The monoisotopic (exact) mass is 295 g/mol. The van der Waals surface area contributed by atoms with Gasteiger partial charge in [0, 0.05) is 45.4 Å². The number of hydrogen-bond donors (Lipinski definition) is 1. The first kappa shape index (κ1) is 15.3. The summed E-state index contributed by atoms with van der Waals surface area (Å²) < 4.78 is 5.53. The van der Waals surface area contributed by atoms with Crippen molar-refractivity contribution >= 4 is 5.91 Å². The fraction of sp³-hybridized carbons (Fsp3) is 0.938. The molecule has 3 rings (SSSR count). The predicted octanol–water partition coefficient (Wildman–Crippen LogP) is 0.842. The molecule has 2 heterocycles. The lowest BCUT2D eigenvalue weighted by molar-refractivity contribution is -0.123. The summed E-state index contributed by atoms with van der Waals surface area (Å²) in [5.74, 6) is 0.153. The maximum Gasteiger partial charge on any atom is 0.234 e. The summed E-state index contributed by atoms with van der Waals surface area (Å²) in [6.45, 7) is 6.40. The van der Waals surface area contributed by atoms with Crippen molar-refractivity contribution < 1.29 is 9.53 Å². The van der Waals surface area contributed by atoms with E-state index in [0.29, 0.717) is 13.1 Å². The molecule has 0 radical (unpaired) electrons. The molecule has 0 aromatic rings. The largest absolute Gasteiger partial charge is 0.376 e. The minimum Gasteiger partial charge on any atom is -0.376 e. The topological polar surface area (TPSA) is 44.8 Å². The van der Waals surface area contributed by atoms with E-state index >= 15 is 0 Å². The Hall–Kier alpha value is -0.650. The van der Waals surface area contributed by atoms with E-state index in [1.54, 1.807) is 0 Å². The van der Waals surface area contributed by atoms with Crippen molar-refractivity contribution in [3.05, 3.63) is 0 Å². The van der Waals surface area contributed by atoms with E-state index in [1.165, 1.54) is 25.7 Å². The summed E-state index contributed by atoms with van der Waals surface area (Å²) in [5.41, 5.74) is 0. The van der Waals surface area contributed by atoms with Crippen molar-refractivity contribution in [2.24, 2.45) is 0 Å². The van der Waals surface area contributed by atoms with Gasteiger partial charge in [-0.2, -0.15) is 0 Å². The lowest BCUT2D eigenvalue weighted by atomic mass is 10.2. The average molecular weight is 295 g/mol. The minimum atomic E-state index is 0.153. The van der Waals surface area contributed by atoms with Gasteiger partial charge in [0.05, 0.1) is 12.6 Å². The third-order valence-electron chi connectivity index (χ3n) is 5.17.